The van der Waals surface area contributed by atoms with Crippen molar-refractivity contribution in [3.63, 3.8) is 0 Å². The van der Waals surface area contributed by atoms with Crippen LogP contribution in [-0.4, -0.2) is 26.2 Å². The third-order valence-corrected chi connectivity index (χ3v) is 1.51. The Bertz CT molecular complexity index is 72.0. The molecule has 0 aromatic rings. The van der Waals surface area contributed by atoms with Gasteiger partial charge < -0.3 is 10.6 Å². The second kappa shape index (κ2) is 8.02. The zero-order chi connectivity index (χ0) is 8.53. The molecule has 0 aliphatic heterocycles. The van der Waals surface area contributed by atoms with Gasteiger partial charge in [-0.05, 0) is 38.5 Å². The summed E-state index contributed by atoms with van der Waals surface area (Å²) in [6.45, 7) is 11.1. The lowest BCUT2D eigenvalue weighted by atomic mass is 10.2. The second-order valence-corrected chi connectivity index (χ2v) is 3.31. The van der Waals surface area contributed by atoms with Gasteiger partial charge >= 0.3 is 0 Å². The Hall–Kier alpha value is -0.0800. The van der Waals surface area contributed by atoms with Gasteiger partial charge in [0.2, 0.25) is 0 Å². The highest BCUT2D eigenvalue weighted by Gasteiger charge is 1.91. The van der Waals surface area contributed by atoms with Crippen molar-refractivity contribution < 1.29 is 0 Å². The predicted molar refractivity (Wildman–Crippen MR) is 50.9 cm³/mol. The molecule has 0 heterocycles. The smallest absolute Gasteiger partial charge is 0.00258 e. The molecule has 2 heteroatoms. The van der Waals surface area contributed by atoms with Crippen LogP contribution in [0.3, 0.4) is 0 Å². The Labute approximate surface area is 70.8 Å². The quantitative estimate of drug-likeness (QED) is 0.545. The van der Waals surface area contributed by atoms with Crippen LogP contribution in [0.25, 0.3) is 0 Å². The van der Waals surface area contributed by atoms with E-state index >= 15 is 0 Å². The van der Waals surface area contributed by atoms with Crippen LogP contribution < -0.4 is 10.6 Å². The van der Waals surface area contributed by atoms with E-state index < -0.39 is 0 Å². The fraction of sp³-hybridized carbons (Fsp3) is 1.00. The molecule has 0 bridgehead atoms. The molecule has 2 nitrogen and oxygen atoms in total. The van der Waals surface area contributed by atoms with Gasteiger partial charge in [-0.3, -0.25) is 0 Å². The zero-order valence-electron chi connectivity index (χ0n) is 8.11. The Morgan fingerprint density at radius 1 is 1.09 bits per heavy atom. The van der Waals surface area contributed by atoms with Crippen molar-refractivity contribution in [3.8, 4) is 0 Å². The summed E-state index contributed by atoms with van der Waals surface area (Å²) < 4.78 is 0. The lowest BCUT2D eigenvalue weighted by molar-refractivity contribution is 0.533. The third-order valence-electron chi connectivity index (χ3n) is 1.51. The second-order valence-electron chi connectivity index (χ2n) is 3.31. The number of hydrogen-bond donors (Lipinski definition) is 2. The van der Waals surface area contributed by atoms with E-state index in [-0.39, 0.29) is 0 Å². The van der Waals surface area contributed by atoms with Gasteiger partial charge in [-0.15, -0.1) is 0 Å². The minimum atomic E-state index is 0.772. The van der Waals surface area contributed by atoms with Crippen molar-refractivity contribution in [2.45, 2.75) is 27.2 Å². The molecule has 0 aromatic carbocycles. The van der Waals surface area contributed by atoms with E-state index in [1.165, 1.54) is 6.42 Å². The summed E-state index contributed by atoms with van der Waals surface area (Å²) in [5, 5.41) is 6.70. The molecular formula is C9H22N2. The fourth-order valence-corrected chi connectivity index (χ4v) is 0.906. The van der Waals surface area contributed by atoms with Crippen LogP contribution in [0.2, 0.25) is 0 Å². The van der Waals surface area contributed by atoms with Gasteiger partial charge in [0, 0.05) is 0 Å². The Morgan fingerprint density at radius 2 is 1.73 bits per heavy atom. The lowest BCUT2D eigenvalue weighted by Gasteiger charge is -2.06. The van der Waals surface area contributed by atoms with Gasteiger partial charge in [-0.2, -0.15) is 0 Å². The molecule has 0 fully saturated rings. The monoisotopic (exact) mass is 158 g/mol. The average molecular weight is 158 g/mol. The van der Waals surface area contributed by atoms with E-state index in [2.05, 4.69) is 31.4 Å². The Morgan fingerprint density at radius 3 is 2.27 bits per heavy atom. The van der Waals surface area contributed by atoms with Crippen LogP contribution in [0.5, 0.6) is 0 Å². The van der Waals surface area contributed by atoms with E-state index in [0.717, 1.165) is 32.1 Å². The van der Waals surface area contributed by atoms with Gasteiger partial charge in [0.05, 0.1) is 0 Å². The molecule has 0 saturated carbocycles. The largest absolute Gasteiger partial charge is 0.317 e. The lowest BCUT2D eigenvalue weighted by Crippen LogP contribution is -2.24. The first-order valence-electron chi connectivity index (χ1n) is 4.68. The van der Waals surface area contributed by atoms with Crippen molar-refractivity contribution in [2.75, 3.05) is 26.2 Å². The van der Waals surface area contributed by atoms with Gasteiger partial charge in [-0.1, -0.05) is 20.8 Å². The van der Waals surface area contributed by atoms with Crippen LogP contribution in [0.1, 0.15) is 27.2 Å². The molecule has 0 amide bonds. The van der Waals surface area contributed by atoms with Crippen LogP contribution >= 0.6 is 0 Å². The minimum absolute atomic E-state index is 0.772. The summed E-state index contributed by atoms with van der Waals surface area (Å²) in [5.74, 6) is 0.772. The van der Waals surface area contributed by atoms with Crippen molar-refractivity contribution in [3.05, 3.63) is 0 Å². The summed E-state index contributed by atoms with van der Waals surface area (Å²) in [7, 11) is 0. The first-order valence-corrected chi connectivity index (χ1v) is 4.68. The van der Waals surface area contributed by atoms with Crippen LogP contribution in [0.15, 0.2) is 0 Å². The maximum atomic E-state index is 3.40. The van der Waals surface area contributed by atoms with Crippen molar-refractivity contribution in [2.24, 2.45) is 5.92 Å². The van der Waals surface area contributed by atoms with Gasteiger partial charge in [0.25, 0.3) is 0 Å². The molecule has 0 aromatic heterocycles. The Kier molecular flexibility index (Phi) is 7.96. The molecule has 0 atom stereocenters. The summed E-state index contributed by atoms with van der Waals surface area (Å²) in [6.07, 6.45) is 1.24. The molecule has 0 aliphatic carbocycles. The fourth-order valence-electron chi connectivity index (χ4n) is 0.906. The van der Waals surface area contributed by atoms with E-state index in [9.17, 15) is 0 Å². The first kappa shape index (κ1) is 10.9. The van der Waals surface area contributed by atoms with E-state index in [1.54, 1.807) is 0 Å². The summed E-state index contributed by atoms with van der Waals surface area (Å²) in [4.78, 5) is 0. The molecule has 2 N–H and O–H groups in total. The van der Waals surface area contributed by atoms with Crippen LogP contribution in [0.4, 0.5) is 0 Å². The summed E-state index contributed by atoms with van der Waals surface area (Å²) in [5.41, 5.74) is 0. The minimum Gasteiger partial charge on any atom is -0.317 e. The first-order chi connectivity index (χ1) is 5.27. The maximum Gasteiger partial charge on any atom is -0.00258 e. The molecule has 0 saturated heterocycles. The summed E-state index contributed by atoms with van der Waals surface area (Å²) in [6, 6.07) is 0. The molecule has 0 spiro atoms. The number of rotatable bonds is 7. The molecule has 0 unspecified atom stereocenters. The van der Waals surface area contributed by atoms with Crippen LogP contribution in [0, 0.1) is 5.92 Å². The standard InChI is InChI=1S/C9H22N2/c1-4-10-6-5-7-11-8-9(2)3/h9-11H,4-8H2,1-3H3. The molecule has 68 valence electrons. The highest BCUT2D eigenvalue weighted by Crippen LogP contribution is 1.86. The zero-order valence-corrected chi connectivity index (χ0v) is 8.11. The Balaban J connectivity index is 2.80. The van der Waals surface area contributed by atoms with Crippen molar-refractivity contribution in [1.82, 2.24) is 10.6 Å². The predicted octanol–water partition coefficient (Wildman–Crippen LogP) is 1.23. The highest BCUT2D eigenvalue weighted by molar-refractivity contribution is 4.52. The molecule has 0 radical (unpaired) electrons. The molecule has 0 rings (SSSR count). The molecule has 0 aliphatic rings. The summed E-state index contributed by atoms with van der Waals surface area (Å²) >= 11 is 0. The number of nitrogens with one attached hydrogen (secondary N) is 2. The number of hydrogen-bond acceptors (Lipinski definition) is 2. The van der Waals surface area contributed by atoms with E-state index in [0.29, 0.717) is 0 Å². The van der Waals surface area contributed by atoms with Crippen LogP contribution in [-0.2, 0) is 0 Å². The van der Waals surface area contributed by atoms with E-state index in [1.807, 2.05) is 0 Å². The van der Waals surface area contributed by atoms with Gasteiger partial charge in [0.15, 0.2) is 0 Å². The highest BCUT2D eigenvalue weighted by atomic mass is 14.9. The van der Waals surface area contributed by atoms with Gasteiger partial charge in [0.1, 0.15) is 0 Å². The molecule has 11 heavy (non-hydrogen) atoms. The van der Waals surface area contributed by atoms with Crippen molar-refractivity contribution in [1.29, 1.82) is 0 Å². The normalized spacial score (nSPS) is 10.9. The SMILES string of the molecule is CCNCCCNCC(C)C. The van der Waals surface area contributed by atoms with E-state index in [4.69, 9.17) is 0 Å². The maximum absolute atomic E-state index is 3.40. The average Bonchev–Trinajstić information content (AvgIpc) is 1.96. The van der Waals surface area contributed by atoms with Crippen molar-refractivity contribution >= 4 is 0 Å². The molecular weight excluding hydrogens is 136 g/mol. The van der Waals surface area contributed by atoms with Gasteiger partial charge in [-0.25, -0.2) is 0 Å². The topological polar surface area (TPSA) is 24.1 Å². The third kappa shape index (κ3) is 9.92.